The van der Waals surface area contributed by atoms with Crippen molar-refractivity contribution in [3.63, 3.8) is 0 Å². The summed E-state index contributed by atoms with van der Waals surface area (Å²) in [5, 5.41) is 4.00. The van der Waals surface area contributed by atoms with Crippen LogP contribution in [0.15, 0.2) is 42.0 Å². The van der Waals surface area contributed by atoms with E-state index in [9.17, 15) is 0 Å². The molecule has 0 aliphatic heterocycles. The third-order valence-corrected chi connectivity index (χ3v) is 3.72. The third-order valence-electron chi connectivity index (χ3n) is 2.98. The van der Waals surface area contributed by atoms with E-state index in [2.05, 4.69) is 30.1 Å². The van der Waals surface area contributed by atoms with Crippen LogP contribution in [-0.4, -0.2) is 4.98 Å². The maximum atomic E-state index is 5.93. The minimum Gasteiger partial charge on any atom is -1.00 e. The molecule has 0 radical (unpaired) electrons. The highest BCUT2D eigenvalue weighted by atomic mass is 79.9. The molecule has 3 rings (SSSR count). The zero-order valence-corrected chi connectivity index (χ0v) is 12.9. The zero-order chi connectivity index (χ0) is 12.5. The molecular formula is C14H14BrN3S. The highest BCUT2D eigenvalue weighted by Gasteiger charge is 2.10. The Hall–Kier alpha value is -1.46. The van der Waals surface area contributed by atoms with Crippen LogP contribution in [0.3, 0.4) is 0 Å². The maximum absolute atomic E-state index is 5.93. The van der Waals surface area contributed by atoms with Gasteiger partial charge in [-0.05, 0) is 30.7 Å². The molecule has 0 fully saturated rings. The first-order valence-corrected chi connectivity index (χ1v) is 6.68. The molecule has 19 heavy (non-hydrogen) atoms. The van der Waals surface area contributed by atoms with Gasteiger partial charge in [-0.25, -0.2) is 4.57 Å². The quantitative estimate of drug-likeness (QED) is 0.643. The van der Waals surface area contributed by atoms with Crippen LogP contribution >= 0.6 is 11.3 Å². The van der Waals surface area contributed by atoms with Crippen molar-refractivity contribution in [2.24, 2.45) is 0 Å². The predicted octanol–water partition coefficient (Wildman–Crippen LogP) is -0.473. The van der Waals surface area contributed by atoms with Crippen molar-refractivity contribution < 1.29 is 21.5 Å². The van der Waals surface area contributed by atoms with E-state index in [1.807, 2.05) is 28.4 Å². The Morgan fingerprint density at radius 3 is 2.95 bits per heavy atom. The van der Waals surface area contributed by atoms with Crippen LogP contribution in [0.5, 0.6) is 0 Å². The summed E-state index contributed by atoms with van der Waals surface area (Å²) in [5.41, 5.74) is 9.45. The lowest BCUT2D eigenvalue weighted by Gasteiger charge is -2.06. The number of rotatable bonds is 2. The molecule has 0 atom stereocenters. The number of aromatic nitrogens is 2. The van der Waals surface area contributed by atoms with Crippen LogP contribution in [-0.2, 0) is 6.54 Å². The van der Waals surface area contributed by atoms with Gasteiger partial charge in [0.05, 0.1) is 5.52 Å². The Morgan fingerprint density at radius 2 is 2.21 bits per heavy atom. The van der Waals surface area contributed by atoms with Gasteiger partial charge >= 0.3 is 5.13 Å². The molecule has 0 spiro atoms. The van der Waals surface area contributed by atoms with E-state index in [1.54, 1.807) is 11.3 Å². The molecule has 0 aliphatic carbocycles. The summed E-state index contributed by atoms with van der Waals surface area (Å²) in [7, 11) is 0. The number of nitrogens with two attached hydrogens (primary N) is 1. The number of aryl methyl sites for hydroxylation is 1. The van der Waals surface area contributed by atoms with Crippen molar-refractivity contribution in [1.82, 2.24) is 4.98 Å². The van der Waals surface area contributed by atoms with Crippen LogP contribution in [0.2, 0.25) is 0 Å². The fourth-order valence-electron chi connectivity index (χ4n) is 2.18. The number of nitrogens with zero attached hydrogens (tertiary/aromatic N) is 2. The Bertz CT molecular complexity index is 709. The molecule has 1 aromatic carbocycles. The minimum atomic E-state index is 0. The second kappa shape index (κ2) is 5.67. The molecule has 3 nitrogen and oxygen atoms in total. The molecule has 2 heterocycles. The average molecular weight is 336 g/mol. The predicted molar refractivity (Wildman–Crippen MR) is 74.5 cm³/mol. The number of hydrogen-bond acceptors (Lipinski definition) is 3. The molecule has 3 aromatic rings. The first-order chi connectivity index (χ1) is 8.74. The van der Waals surface area contributed by atoms with Gasteiger partial charge in [0.1, 0.15) is 12.7 Å². The lowest BCUT2D eigenvalue weighted by atomic mass is 10.1. The van der Waals surface area contributed by atoms with E-state index in [0.717, 1.165) is 17.2 Å². The molecule has 0 bridgehead atoms. The van der Waals surface area contributed by atoms with Crippen LogP contribution in [0, 0.1) is 6.92 Å². The number of anilines is 1. The van der Waals surface area contributed by atoms with Gasteiger partial charge in [-0.2, -0.15) is 0 Å². The summed E-state index contributed by atoms with van der Waals surface area (Å²) >= 11 is 1.55. The van der Waals surface area contributed by atoms with Gasteiger partial charge in [0.15, 0.2) is 0 Å². The Morgan fingerprint density at radius 1 is 1.37 bits per heavy atom. The summed E-state index contributed by atoms with van der Waals surface area (Å²) in [6.07, 6.45) is 3.85. The lowest BCUT2D eigenvalue weighted by Crippen LogP contribution is -3.00. The summed E-state index contributed by atoms with van der Waals surface area (Å²) in [4.78, 5) is 4.48. The molecular weight excluding hydrogens is 322 g/mol. The Balaban J connectivity index is 0.00000133. The number of thiazole rings is 1. The van der Waals surface area contributed by atoms with E-state index >= 15 is 0 Å². The molecule has 98 valence electrons. The molecule has 0 saturated carbocycles. The summed E-state index contributed by atoms with van der Waals surface area (Å²) in [5.74, 6) is 0. The van der Waals surface area contributed by atoms with Gasteiger partial charge < -0.3 is 17.0 Å². The molecule has 0 aliphatic rings. The fourth-order valence-corrected chi connectivity index (χ4v) is 2.79. The summed E-state index contributed by atoms with van der Waals surface area (Å²) < 4.78 is 2.05. The number of halogens is 1. The highest BCUT2D eigenvalue weighted by Crippen LogP contribution is 2.19. The van der Waals surface area contributed by atoms with Crippen molar-refractivity contribution in [3.8, 4) is 0 Å². The first kappa shape index (κ1) is 14.0. The van der Waals surface area contributed by atoms with Crippen molar-refractivity contribution in [3.05, 3.63) is 53.2 Å². The fraction of sp³-hybridized carbons (Fsp3) is 0.143. The van der Waals surface area contributed by atoms with Crippen LogP contribution < -0.4 is 27.3 Å². The SMILES string of the molecule is Cc1cc(C[n+]2ccsc2N)c2ncccc2c1.[Br-]. The van der Waals surface area contributed by atoms with E-state index in [-0.39, 0.29) is 17.0 Å². The van der Waals surface area contributed by atoms with Crippen molar-refractivity contribution in [2.75, 3.05) is 5.73 Å². The summed E-state index contributed by atoms with van der Waals surface area (Å²) in [6, 6.07) is 8.41. The van der Waals surface area contributed by atoms with Gasteiger partial charge in [0, 0.05) is 22.5 Å². The molecule has 2 N–H and O–H groups in total. The summed E-state index contributed by atoms with van der Waals surface area (Å²) in [6.45, 7) is 2.88. The lowest BCUT2D eigenvalue weighted by molar-refractivity contribution is -0.669. The monoisotopic (exact) mass is 335 g/mol. The van der Waals surface area contributed by atoms with Crippen molar-refractivity contribution in [1.29, 1.82) is 0 Å². The van der Waals surface area contributed by atoms with Gasteiger partial charge in [-0.1, -0.05) is 17.4 Å². The Kier molecular flexibility index (Phi) is 4.17. The minimum absolute atomic E-state index is 0. The largest absolute Gasteiger partial charge is 1.00 e. The smallest absolute Gasteiger partial charge is 0.331 e. The number of fused-ring (bicyclic) bond motifs is 1. The van der Waals surface area contributed by atoms with E-state index in [4.69, 9.17) is 5.73 Å². The van der Waals surface area contributed by atoms with E-state index < -0.39 is 0 Å². The first-order valence-electron chi connectivity index (χ1n) is 5.81. The standard InChI is InChI=1S/C14H13N3S.BrH/c1-10-7-11-3-2-4-16-13(11)12(8-10)9-17-5-6-18-14(17)15;/h2-8,15H,9H2,1H3;1H. The van der Waals surface area contributed by atoms with Crippen LogP contribution in [0.4, 0.5) is 5.13 Å². The molecule has 0 unspecified atom stereocenters. The van der Waals surface area contributed by atoms with Crippen LogP contribution in [0.25, 0.3) is 10.9 Å². The molecule has 5 heteroatoms. The van der Waals surface area contributed by atoms with Gasteiger partial charge in [-0.3, -0.25) is 10.7 Å². The number of benzene rings is 1. The molecule has 0 amide bonds. The molecule has 0 saturated heterocycles. The number of nitrogen functional groups attached to an aromatic ring is 1. The molecule has 2 aromatic heterocycles. The topological polar surface area (TPSA) is 42.8 Å². The van der Waals surface area contributed by atoms with E-state index in [0.29, 0.717) is 0 Å². The second-order valence-electron chi connectivity index (χ2n) is 4.37. The third kappa shape index (κ3) is 2.77. The van der Waals surface area contributed by atoms with Crippen LogP contribution in [0.1, 0.15) is 11.1 Å². The van der Waals surface area contributed by atoms with Crippen molar-refractivity contribution >= 4 is 27.4 Å². The van der Waals surface area contributed by atoms with E-state index in [1.165, 1.54) is 16.5 Å². The van der Waals surface area contributed by atoms with Gasteiger partial charge in [-0.15, -0.1) is 0 Å². The highest BCUT2D eigenvalue weighted by molar-refractivity contribution is 7.12. The number of pyridine rings is 1. The van der Waals surface area contributed by atoms with Crippen molar-refractivity contribution in [2.45, 2.75) is 13.5 Å². The average Bonchev–Trinajstić information content (AvgIpc) is 2.75. The van der Waals surface area contributed by atoms with Gasteiger partial charge in [0.2, 0.25) is 0 Å². The second-order valence-corrected chi connectivity index (χ2v) is 5.29. The Labute approximate surface area is 126 Å². The normalized spacial score (nSPS) is 10.4. The zero-order valence-electron chi connectivity index (χ0n) is 10.5. The van der Waals surface area contributed by atoms with Gasteiger partial charge in [0.25, 0.3) is 0 Å². The number of hydrogen-bond donors (Lipinski definition) is 1. The maximum Gasteiger partial charge on any atom is 0.331 e.